The summed E-state index contributed by atoms with van der Waals surface area (Å²) in [6, 6.07) is 50.9. The number of aromatic nitrogens is 1. The number of nitrogens with one attached hydrogen (secondary N) is 1. The number of carbonyl (C=O) groups excluding carboxylic acids is 4. The molecule has 8 aromatic rings. The van der Waals surface area contributed by atoms with E-state index in [4.69, 9.17) is 52.1 Å². The van der Waals surface area contributed by atoms with E-state index in [2.05, 4.69) is 70.7 Å². The van der Waals surface area contributed by atoms with Gasteiger partial charge >= 0.3 is 12.1 Å². The maximum atomic E-state index is 14.6. The molecule has 0 unspecified atom stereocenters. The number of carbonyl (C=O) groups is 4. The van der Waals surface area contributed by atoms with Crippen LogP contribution in [0.1, 0.15) is 95.9 Å². The first kappa shape index (κ1) is 69.3. The van der Waals surface area contributed by atoms with Gasteiger partial charge in [0.25, 0.3) is 5.91 Å². The van der Waals surface area contributed by atoms with E-state index in [-0.39, 0.29) is 50.7 Å². The molecule has 2 aliphatic rings. The zero-order chi connectivity index (χ0) is 67.2. The summed E-state index contributed by atoms with van der Waals surface area (Å²) in [7, 11) is 7.75. The average molecular weight is 1310 g/mol. The number of esters is 1. The number of piperidine rings is 1. The lowest BCUT2D eigenvalue weighted by Crippen LogP contribution is -2.50. The molecule has 10 rings (SSSR count). The predicted molar refractivity (Wildman–Crippen MR) is 366 cm³/mol. The van der Waals surface area contributed by atoms with E-state index in [0.29, 0.717) is 117 Å². The van der Waals surface area contributed by atoms with Crippen molar-refractivity contribution in [3.05, 3.63) is 203 Å². The van der Waals surface area contributed by atoms with Crippen LogP contribution in [0.3, 0.4) is 0 Å². The number of hydrogen-bond acceptors (Lipinski definition) is 15. The molecule has 7 aromatic carbocycles. The highest BCUT2D eigenvalue weighted by Crippen LogP contribution is 2.45. The summed E-state index contributed by atoms with van der Waals surface area (Å²) < 4.78 is 66.3. The van der Waals surface area contributed by atoms with Crippen LogP contribution in [0.4, 0.5) is 4.79 Å². The number of likely N-dealkylation sites (tertiary alicyclic amines) is 1. The molecule has 0 bridgehead atoms. The van der Waals surface area contributed by atoms with E-state index in [9.17, 15) is 19.2 Å². The van der Waals surface area contributed by atoms with Gasteiger partial charge in [0.1, 0.15) is 24.5 Å². The molecule has 1 fully saturated rings. The van der Waals surface area contributed by atoms with Crippen molar-refractivity contribution >= 4 is 34.8 Å². The van der Waals surface area contributed by atoms with E-state index in [1.165, 1.54) is 38.0 Å². The molecule has 2 heterocycles. The molecule has 19 heteroatoms. The Morgan fingerprint density at radius 1 is 0.625 bits per heavy atom. The van der Waals surface area contributed by atoms with E-state index in [0.717, 1.165) is 52.5 Å². The first-order valence-electron chi connectivity index (χ1n) is 33.0. The van der Waals surface area contributed by atoms with Crippen molar-refractivity contribution in [2.45, 2.75) is 82.5 Å². The second kappa shape index (κ2) is 34.7. The van der Waals surface area contributed by atoms with Crippen molar-refractivity contribution in [3.8, 4) is 45.6 Å². The number of amides is 3. The second-order valence-corrected chi connectivity index (χ2v) is 23.7. The molecular weight excluding hydrogens is 1220 g/mol. The minimum Gasteiger partial charge on any atom is -0.493 e. The molecular formula is C77H88N4O15. The fourth-order valence-electron chi connectivity index (χ4n) is 12.8. The van der Waals surface area contributed by atoms with Crippen molar-refractivity contribution in [3.63, 3.8) is 0 Å². The zero-order valence-corrected chi connectivity index (χ0v) is 55.8. The molecule has 1 N–H and O–H groups in total. The second-order valence-electron chi connectivity index (χ2n) is 23.7. The SMILES string of the molecule is CC[C@H](C(=O)N1CCCC[C@H]1C(=O)O[C@H](CCc1ccc(OC)c(OC)c1)c1cccc(OCC(=O)NCCOCCOCCOCCN(Cc2cccc3c2ccn3Cc2ccccc2)C(=O)OCC2c3ccccc3-c3ccccc32)c1)c1cc(OC)c(OC)c(OC)c1. The van der Waals surface area contributed by atoms with E-state index < -0.39 is 30.1 Å². The van der Waals surface area contributed by atoms with Crippen molar-refractivity contribution in [2.24, 2.45) is 0 Å². The third-order valence-corrected chi connectivity index (χ3v) is 17.7. The standard InChI is InChI=1S/C77H88N4O15/c1-7-59(57-47-71(88-4)74(90-6)72(48-57)89-5)75(83)81-36-16-15-28-67(81)76(84)96-68(32-30-53-31-33-69(86-2)70(45-53)87-3)55-21-17-23-58(46-55)94-52-73(82)78-35-39-91-41-43-93-44-42-92-40-38-80(50-56-22-18-29-66-60(56)34-37-79(66)49-54-19-9-8-10-20-54)77(85)95-51-65-63-26-13-11-24-61(63)62-25-12-14-27-64(62)65/h8-14,17-27,29,31,33-34,37,45-48,59,65,67-68H,7,15-16,28,30,32,35-36,38-44,49-52H2,1-6H3,(H,78,82)/t59-,67-,68+/m0/s1. The topological polar surface area (TPSA) is 193 Å². The van der Waals surface area contributed by atoms with Gasteiger partial charge in [0, 0.05) is 55.7 Å². The Kier molecular flexibility index (Phi) is 25.1. The summed E-state index contributed by atoms with van der Waals surface area (Å²) in [4.78, 5) is 59.8. The predicted octanol–water partition coefficient (Wildman–Crippen LogP) is 12.5. The van der Waals surface area contributed by atoms with Gasteiger partial charge in [-0.3, -0.25) is 9.59 Å². The lowest BCUT2D eigenvalue weighted by Gasteiger charge is -2.37. The molecule has 0 radical (unpaired) electrons. The van der Waals surface area contributed by atoms with Crippen molar-refractivity contribution in [1.29, 1.82) is 0 Å². The van der Waals surface area contributed by atoms with Gasteiger partial charge in [-0.1, -0.05) is 116 Å². The molecule has 0 spiro atoms. The Morgan fingerprint density at radius 2 is 1.30 bits per heavy atom. The number of ether oxygens (including phenoxy) is 11. The van der Waals surface area contributed by atoms with Crippen LogP contribution in [-0.4, -0.2) is 152 Å². The number of aryl methyl sites for hydroxylation is 1. The van der Waals surface area contributed by atoms with Gasteiger partial charge in [-0.15, -0.1) is 0 Å². The smallest absolute Gasteiger partial charge is 0.410 e. The van der Waals surface area contributed by atoms with Crippen LogP contribution in [0.25, 0.3) is 22.0 Å². The molecule has 1 saturated heterocycles. The van der Waals surface area contributed by atoms with Crippen LogP contribution in [-0.2, 0) is 57.6 Å². The van der Waals surface area contributed by atoms with Crippen LogP contribution in [0.15, 0.2) is 164 Å². The summed E-state index contributed by atoms with van der Waals surface area (Å²) in [6.45, 7) is 5.64. The normalized spacial score (nSPS) is 14.0. The Labute approximate surface area is 562 Å². The van der Waals surface area contributed by atoms with Crippen LogP contribution in [0.2, 0.25) is 0 Å². The third-order valence-electron chi connectivity index (χ3n) is 17.7. The highest BCUT2D eigenvalue weighted by atomic mass is 16.6. The molecule has 3 atom stereocenters. The number of fused-ring (bicyclic) bond motifs is 4. The highest BCUT2D eigenvalue weighted by molar-refractivity contribution is 5.90. The minimum atomic E-state index is -0.823. The van der Waals surface area contributed by atoms with Gasteiger partial charge in [0.05, 0.1) is 81.1 Å². The quantitative estimate of drug-likeness (QED) is 0.0291. The summed E-state index contributed by atoms with van der Waals surface area (Å²) >= 11 is 0. The maximum Gasteiger partial charge on any atom is 0.410 e. The molecule has 506 valence electrons. The third kappa shape index (κ3) is 17.5. The van der Waals surface area contributed by atoms with Crippen LogP contribution < -0.4 is 33.7 Å². The summed E-state index contributed by atoms with van der Waals surface area (Å²) in [6.07, 6.45) is 4.19. The first-order chi connectivity index (χ1) is 47.0. The summed E-state index contributed by atoms with van der Waals surface area (Å²) in [5.41, 5.74) is 10.2. The Bertz CT molecular complexity index is 3800. The average Bonchev–Trinajstić information content (AvgIpc) is 1.55. The highest BCUT2D eigenvalue weighted by Gasteiger charge is 2.38. The number of hydrogen-bond donors (Lipinski definition) is 1. The van der Waals surface area contributed by atoms with Crippen LogP contribution in [0.5, 0.6) is 34.5 Å². The molecule has 3 amide bonds. The summed E-state index contributed by atoms with van der Waals surface area (Å²) in [5, 5.41) is 3.91. The maximum absolute atomic E-state index is 14.6. The minimum absolute atomic E-state index is 0.0732. The monoisotopic (exact) mass is 1310 g/mol. The van der Waals surface area contributed by atoms with E-state index in [1.54, 1.807) is 54.4 Å². The lowest BCUT2D eigenvalue weighted by atomic mass is 9.91. The Hall–Kier alpha value is -9.56. The van der Waals surface area contributed by atoms with Crippen molar-refractivity contribution in [1.82, 2.24) is 19.7 Å². The number of methoxy groups -OCH3 is 5. The molecule has 1 aromatic heterocycles. The van der Waals surface area contributed by atoms with Crippen LogP contribution >= 0.6 is 0 Å². The van der Waals surface area contributed by atoms with Crippen LogP contribution in [0, 0.1) is 0 Å². The fourth-order valence-corrected chi connectivity index (χ4v) is 12.8. The van der Waals surface area contributed by atoms with Crippen molar-refractivity contribution < 1.29 is 71.3 Å². The van der Waals surface area contributed by atoms with Gasteiger partial charge in [-0.05, 0) is 137 Å². The molecule has 1 aliphatic carbocycles. The Balaban J connectivity index is 0.678. The first-order valence-corrected chi connectivity index (χ1v) is 33.0. The lowest BCUT2D eigenvalue weighted by molar-refractivity contribution is -0.162. The van der Waals surface area contributed by atoms with Gasteiger partial charge in [-0.2, -0.15) is 0 Å². The molecule has 1 aliphatic heterocycles. The van der Waals surface area contributed by atoms with Gasteiger partial charge in [-0.25, -0.2) is 9.59 Å². The summed E-state index contributed by atoms with van der Waals surface area (Å²) in [5.74, 6) is 1.13. The Morgan fingerprint density at radius 3 is 2.00 bits per heavy atom. The largest absolute Gasteiger partial charge is 0.493 e. The van der Waals surface area contributed by atoms with Gasteiger partial charge in [0.2, 0.25) is 11.7 Å². The number of nitrogens with zero attached hydrogens (tertiary/aromatic N) is 3. The fraction of sp³-hybridized carbons (Fsp3) is 0.377. The van der Waals surface area contributed by atoms with Crippen molar-refractivity contribution in [2.75, 3.05) is 108 Å². The molecule has 0 saturated carbocycles. The number of benzene rings is 7. The van der Waals surface area contributed by atoms with E-state index in [1.807, 2.05) is 79.7 Å². The van der Waals surface area contributed by atoms with Gasteiger partial charge < -0.3 is 71.8 Å². The molecule has 19 nitrogen and oxygen atoms in total. The molecule has 96 heavy (non-hydrogen) atoms. The van der Waals surface area contributed by atoms with E-state index >= 15 is 0 Å². The zero-order valence-electron chi connectivity index (χ0n) is 55.8. The van der Waals surface area contributed by atoms with Gasteiger partial charge in [0.15, 0.2) is 29.6 Å². The number of rotatable bonds is 35.